The molecule has 3 aliphatic rings. The highest BCUT2D eigenvalue weighted by Gasteiger charge is 2.66. The number of anilines is 1. The van der Waals surface area contributed by atoms with Gasteiger partial charge in [0.1, 0.15) is 11.5 Å². The summed E-state index contributed by atoms with van der Waals surface area (Å²) in [4.78, 5) is 40.2. The van der Waals surface area contributed by atoms with Crippen LogP contribution >= 0.6 is 31.9 Å². The summed E-state index contributed by atoms with van der Waals surface area (Å²) in [6.07, 6.45) is 1.03. The molecule has 1 aliphatic heterocycles. The van der Waals surface area contributed by atoms with Crippen LogP contribution in [0.5, 0.6) is 11.5 Å². The minimum Gasteiger partial charge on any atom is -0.497 e. The summed E-state index contributed by atoms with van der Waals surface area (Å²) in [6.45, 7) is 0. The highest BCUT2D eigenvalue weighted by atomic mass is 79.9. The van der Waals surface area contributed by atoms with Crippen molar-refractivity contribution in [2.45, 2.75) is 22.5 Å². The first-order chi connectivity index (χ1) is 15.4. The Kier molecular flexibility index (Phi) is 5.61. The minimum absolute atomic E-state index is 0.124. The summed E-state index contributed by atoms with van der Waals surface area (Å²) in [6, 6.07) is 13.8. The van der Waals surface area contributed by atoms with Crippen LogP contribution in [0.15, 0.2) is 48.5 Å². The molecule has 6 atom stereocenters. The summed E-state index contributed by atoms with van der Waals surface area (Å²) in [7, 11) is 1.59. The Labute approximate surface area is 202 Å². The molecule has 2 saturated carbocycles. The van der Waals surface area contributed by atoms with Crippen LogP contribution in [0.25, 0.3) is 0 Å². The molecule has 1 saturated heterocycles. The first-order valence-electron chi connectivity index (χ1n) is 10.5. The van der Waals surface area contributed by atoms with E-state index < -0.39 is 5.97 Å². The SMILES string of the molecule is COc1ccc(CC(=O)Oc2ccc(N3C(=O)C4C5CC(C(Br)C5Br)C4C3=O)cc2)cc1. The highest BCUT2D eigenvalue weighted by Crippen LogP contribution is 2.60. The molecule has 0 spiro atoms. The van der Waals surface area contributed by atoms with Gasteiger partial charge in [-0.25, -0.2) is 0 Å². The molecule has 2 aromatic rings. The number of rotatable bonds is 5. The summed E-state index contributed by atoms with van der Waals surface area (Å²) < 4.78 is 10.5. The van der Waals surface area contributed by atoms with Gasteiger partial charge in [-0.2, -0.15) is 0 Å². The third kappa shape index (κ3) is 3.48. The van der Waals surface area contributed by atoms with E-state index in [1.54, 1.807) is 43.5 Å². The fourth-order valence-corrected chi connectivity index (χ4v) is 7.22. The van der Waals surface area contributed by atoms with Crippen LogP contribution in [0.3, 0.4) is 0 Å². The third-order valence-electron chi connectivity index (χ3n) is 6.82. The molecule has 8 heteroatoms. The Balaban J connectivity index is 1.26. The summed E-state index contributed by atoms with van der Waals surface area (Å²) in [5, 5.41) is 0. The van der Waals surface area contributed by atoms with Crippen LogP contribution in [-0.2, 0) is 20.8 Å². The normalized spacial score (nSPS) is 30.5. The van der Waals surface area contributed by atoms with Gasteiger partial charge in [0.2, 0.25) is 11.8 Å². The molecule has 6 nitrogen and oxygen atoms in total. The Hall–Kier alpha value is -2.19. The third-order valence-corrected chi connectivity index (χ3v) is 10.0. The Morgan fingerprint density at radius 2 is 1.44 bits per heavy atom. The lowest BCUT2D eigenvalue weighted by molar-refractivity contribution is -0.133. The zero-order chi connectivity index (χ0) is 22.6. The number of alkyl halides is 2. The first-order valence-corrected chi connectivity index (χ1v) is 12.3. The molecule has 1 heterocycles. The average molecular weight is 563 g/mol. The van der Waals surface area contributed by atoms with Crippen molar-refractivity contribution >= 4 is 55.3 Å². The molecule has 166 valence electrons. The molecule has 3 fully saturated rings. The number of carbonyl (C=O) groups excluding carboxylic acids is 3. The van der Waals surface area contributed by atoms with Crippen LogP contribution in [-0.4, -0.2) is 34.5 Å². The van der Waals surface area contributed by atoms with E-state index in [0.29, 0.717) is 11.4 Å². The molecule has 0 aromatic heterocycles. The van der Waals surface area contributed by atoms with Crippen LogP contribution in [0.4, 0.5) is 5.69 Å². The van der Waals surface area contributed by atoms with E-state index in [2.05, 4.69) is 31.9 Å². The van der Waals surface area contributed by atoms with Crippen molar-refractivity contribution in [3.05, 3.63) is 54.1 Å². The van der Waals surface area contributed by atoms with Gasteiger partial charge < -0.3 is 9.47 Å². The van der Waals surface area contributed by atoms with E-state index in [4.69, 9.17) is 9.47 Å². The molecular formula is C24H21Br2NO5. The van der Waals surface area contributed by atoms with E-state index in [1.807, 2.05) is 12.1 Å². The van der Waals surface area contributed by atoms with Gasteiger partial charge >= 0.3 is 5.97 Å². The number of hydrogen-bond donors (Lipinski definition) is 0. The van der Waals surface area contributed by atoms with Crippen molar-refractivity contribution in [3.8, 4) is 11.5 Å². The van der Waals surface area contributed by atoms with Gasteiger partial charge in [-0.15, -0.1) is 0 Å². The maximum Gasteiger partial charge on any atom is 0.315 e. The standard InChI is InChI=1S/C24H21Br2NO5/c1-31-14-6-2-12(3-7-14)10-18(28)32-15-8-4-13(5-9-15)27-23(29)19-16-11-17(20(19)24(27)30)22(26)21(16)25/h2-9,16-17,19-22H,10-11H2,1H3. The predicted molar refractivity (Wildman–Crippen MR) is 125 cm³/mol. The van der Waals surface area contributed by atoms with Gasteiger partial charge in [-0.1, -0.05) is 44.0 Å². The summed E-state index contributed by atoms with van der Waals surface area (Å²) in [5.74, 6) is 0.283. The van der Waals surface area contributed by atoms with E-state index in [1.165, 1.54) is 4.90 Å². The van der Waals surface area contributed by atoms with E-state index in [0.717, 1.165) is 17.7 Å². The second kappa shape index (κ2) is 8.30. The number of carbonyl (C=O) groups is 3. The Morgan fingerprint density at radius 3 is 1.97 bits per heavy atom. The van der Waals surface area contributed by atoms with Crippen LogP contribution in [0, 0.1) is 23.7 Å². The van der Waals surface area contributed by atoms with Gasteiger partial charge in [0.25, 0.3) is 0 Å². The lowest BCUT2D eigenvalue weighted by Crippen LogP contribution is -2.37. The fraction of sp³-hybridized carbons (Fsp3) is 0.375. The van der Waals surface area contributed by atoms with Gasteiger partial charge in [0.15, 0.2) is 0 Å². The van der Waals surface area contributed by atoms with Crippen LogP contribution in [0.2, 0.25) is 0 Å². The van der Waals surface area contributed by atoms with Crippen molar-refractivity contribution < 1.29 is 23.9 Å². The largest absolute Gasteiger partial charge is 0.497 e. The lowest BCUT2D eigenvalue weighted by Gasteiger charge is -2.28. The van der Waals surface area contributed by atoms with Gasteiger partial charge in [0, 0.05) is 9.65 Å². The van der Waals surface area contributed by atoms with Gasteiger partial charge in [0.05, 0.1) is 31.1 Å². The summed E-state index contributed by atoms with van der Waals surface area (Å²) >= 11 is 7.40. The average Bonchev–Trinajstić information content (AvgIpc) is 3.40. The van der Waals surface area contributed by atoms with Crippen LogP contribution in [0.1, 0.15) is 12.0 Å². The number of ether oxygens (including phenoxy) is 2. The second-order valence-electron chi connectivity index (χ2n) is 8.51. The number of methoxy groups -OCH3 is 1. The van der Waals surface area contributed by atoms with Crippen molar-refractivity contribution in [3.63, 3.8) is 0 Å². The number of esters is 1. The van der Waals surface area contributed by atoms with Crippen molar-refractivity contribution in [1.29, 1.82) is 0 Å². The number of amides is 2. The zero-order valence-corrected chi connectivity index (χ0v) is 20.4. The molecule has 0 radical (unpaired) electrons. The van der Waals surface area contributed by atoms with E-state index in [-0.39, 0.29) is 51.6 Å². The quantitative estimate of drug-likeness (QED) is 0.237. The Morgan fingerprint density at radius 1 is 0.906 bits per heavy atom. The number of benzene rings is 2. The predicted octanol–water partition coefficient (Wildman–Crippen LogP) is 4.13. The maximum atomic E-state index is 13.1. The molecule has 2 bridgehead atoms. The van der Waals surface area contributed by atoms with Crippen LogP contribution < -0.4 is 14.4 Å². The van der Waals surface area contributed by atoms with Crippen molar-refractivity contribution in [1.82, 2.24) is 0 Å². The number of nitrogens with zero attached hydrogens (tertiary/aromatic N) is 1. The molecule has 0 N–H and O–H groups in total. The molecule has 2 aromatic carbocycles. The highest BCUT2D eigenvalue weighted by molar-refractivity contribution is 9.12. The smallest absolute Gasteiger partial charge is 0.315 e. The van der Waals surface area contributed by atoms with Crippen molar-refractivity contribution in [2.75, 3.05) is 12.0 Å². The fourth-order valence-electron chi connectivity index (χ4n) is 5.34. The topological polar surface area (TPSA) is 72.9 Å². The monoisotopic (exact) mass is 561 g/mol. The zero-order valence-electron chi connectivity index (χ0n) is 17.2. The summed E-state index contributed by atoms with van der Waals surface area (Å²) in [5.41, 5.74) is 1.33. The minimum atomic E-state index is -0.394. The number of halogens is 2. The van der Waals surface area contributed by atoms with E-state index >= 15 is 0 Å². The molecule has 2 aliphatic carbocycles. The van der Waals surface area contributed by atoms with Crippen molar-refractivity contribution in [2.24, 2.45) is 23.7 Å². The number of fused-ring (bicyclic) bond motifs is 5. The Bertz CT molecular complexity index is 1040. The lowest BCUT2D eigenvalue weighted by atomic mass is 9.81. The molecule has 6 unspecified atom stereocenters. The maximum absolute atomic E-state index is 13.1. The molecular weight excluding hydrogens is 542 g/mol. The number of hydrogen-bond acceptors (Lipinski definition) is 5. The van der Waals surface area contributed by atoms with Gasteiger partial charge in [-0.05, 0) is 60.2 Å². The second-order valence-corrected chi connectivity index (χ2v) is 10.6. The molecule has 5 rings (SSSR count). The molecule has 32 heavy (non-hydrogen) atoms. The molecule has 2 amide bonds. The van der Waals surface area contributed by atoms with Gasteiger partial charge in [-0.3, -0.25) is 19.3 Å². The van der Waals surface area contributed by atoms with E-state index in [9.17, 15) is 14.4 Å². The first kappa shape index (κ1) is 21.6. The number of imide groups is 1.